The Kier molecular flexibility index (Phi) is 5.23. The molecule has 0 aliphatic rings. The highest BCUT2D eigenvalue weighted by Gasteiger charge is 2.13. The lowest BCUT2D eigenvalue weighted by atomic mass is 9.99. The van der Waals surface area contributed by atoms with Crippen molar-refractivity contribution in [1.82, 2.24) is 5.43 Å². The summed E-state index contributed by atoms with van der Waals surface area (Å²) in [6.07, 6.45) is 1.21. The van der Waals surface area contributed by atoms with E-state index >= 15 is 0 Å². The van der Waals surface area contributed by atoms with Crippen LogP contribution in [0.1, 0.15) is 11.1 Å². The largest absolute Gasteiger partial charge is 0.271 e. The predicted octanol–water partition coefficient (Wildman–Crippen LogP) is 3.34. The third kappa shape index (κ3) is 3.85. The molecule has 1 atom stereocenters. The number of hydrogen-bond acceptors (Lipinski definition) is 2. The van der Waals surface area contributed by atoms with Crippen molar-refractivity contribution in [2.24, 2.45) is 5.84 Å². The van der Waals surface area contributed by atoms with E-state index in [1.165, 1.54) is 18.2 Å². The minimum atomic E-state index is -0.292. The summed E-state index contributed by atoms with van der Waals surface area (Å²) in [6, 6.07) is 11.1. The summed E-state index contributed by atoms with van der Waals surface area (Å²) in [5, 5.41) is 0. The van der Waals surface area contributed by atoms with Crippen molar-refractivity contribution in [2.75, 3.05) is 0 Å². The van der Waals surface area contributed by atoms with E-state index in [9.17, 15) is 8.78 Å². The van der Waals surface area contributed by atoms with Gasteiger partial charge in [-0.25, -0.2) is 8.78 Å². The molecule has 0 aromatic heterocycles. The highest BCUT2D eigenvalue weighted by molar-refractivity contribution is 9.10. The summed E-state index contributed by atoms with van der Waals surface area (Å²) in [4.78, 5) is 0. The van der Waals surface area contributed by atoms with E-state index in [1.807, 2.05) is 6.07 Å². The van der Waals surface area contributed by atoms with Crippen LogP contribution in [0.3, 0.4) is 0 Å². The molecule has 0 fully saturated rings. The first-order valence-electron chi connectivity index (χ1n) is 6.23. The third-order valence-electron chi connectivity index (χ3n) is 3.13. The van der Waals surface area contributed by atoms with Gasteiger partial charge < -0.3 is 0 Å². The fourth-order valence-corrected chi connectivity index (χ4v) is 2.49. The molecule has 5 heteroatoms. The lowest BCUT2D eigenvalue weighted by molar-refractivity contribution is 0.518. The van der Waals surface area contributed by atoms with E-state index in [0.29, 0.717) is 17.3 Å². The number of benzene rings is 2. The molecule has 106 valence electrons. The van der Waals surface area contributed by atoms with E-state index < -0.39 is 0 Å². The van der Waals surface area contributed by atoms with Gasteiger partial charge in [-0.15, -0.1) is 0 Å². The molecule has 0 saturated carbocycles. The van der Waals surface area contributed by atoms with E-state index in [1.54, 1.807) is 18.2 Å². The molecule has 0 amide bonds. The minimum absolute atomic E-state index is 0.0569. The van der Waals surface area contributed by atoms with E-state index in [2.05, 4.69) is 21.4 Å². The van der Waals surface area contributed by atoms with Crippen LogP contribution in [0.25, 0.3) is 0 Å². The number of hydrazine groups is 1. The molecule has 0 aliphatic carbocycles. The third-order valence-corrected chi connectivity index (χ3v) is 4.02. The highest BCUT2D eigenvalue weighted by Crippen LogP contribution is 2.22. The standard InChI is InChI=1S/C15H15BrF2N2/c16-15-11(2-1-3-14(15)18)9-13(20-19)8-10-4-6-12(17)7-5-10/h1-7,13,20H,8-9,19H2. The Hall–Kier alpha value is -1.30. The minimum Gasteiger partial charge on any atom is -0.271 e. The molecule has 0 spiro atoms. The van der Waals surface area contributed by atoms with Crippen LogP contribution in [-0.4, -0.2) is 6.04 Å². The van der Waals surface area contributed by atoms with Gasteiger partial charge in [-0.1, -0.05) is 24.3 Å². The van der Waals surface area contributed by atoms with Gasteiger partial charge in [0.2, 0.25) is 0 Å². The second-order valence-electron chi connectivity index (χ2n) is 4.61. The van der Waals surface area contributed by atoms with Crippen LogP contribution >= 0.6 is 15.9 Å². The maximum absolute atomic E-state index is 13.5. The molecule has 0 heterocycles. The first-order chi connectivity index (χ1) is 9.60. The molecule has 1 unspecified atom stereocenters. The monoisotopic (exact) mass is 340 g/mol. The Morgan fingerprint density at radius 3 is 2.40 bits per heavy atom. The molecular formula is C15H15BrF2N2. The zero-order chi connectivity index (χ0) is 14.5. The van der Waals surface area contributed by atoms with E-state index in [0.717, 1.165) is 11.1 Å². The number of halogens is 3. The fourth-order valence-electron chi connectivity index (χ4n) is 2.07. The summed E-state index contributed by atoms with van der Waals surface area (Å²) < 4.78 is 26.8. The highest BCUT2D eigenvalue weighted by atomic mass is 79.9. The van der Waals surface area contributed by atoms with Crippen LogP contribution in [0, 0.1) is 11.6 Å². The SMILES string of the molecule is NNC(Cc1ccc(F)cc1)Cc1cccc(F)c1Br. The molecule has 0 bridgehead atoms. The van der Waals surface area contributed by atoms with Crippen LogP contribution in [0.2, 0.25) is 0 Å². The summed E-state index contributed by atoms with van der Waals surface area (Å²) >= 11 is 3.24. The fraction of sp³-hybridized carbons (Fsp3) is 0.200. The molecule has 2 aromatic rings. The van der Waals surface area contributed by atoms with Gasteiger partial charge in [0.05, 0.1) is 4.47 Å². The van der Waals surface area contributed by atoms with E-state index in [4.69, 9.17) is 5.84 Å². The van der Waals surface area contributed by atoms with Crippen LogP contribution in [0.5, 0.6) is 0 Å². The number of nitrogens with one attached hydrogen (secondary N) is 1. The Labute approximate surface area is 125 Å². The zero-order valence-electron chi connectivity index (χ0n) is 10.7. The second-order valence-corrected chi connectivity index (χ2v) is 5.40. The Balaban J connectivity index is 2.09. The number of hydrogen-bond donors (Lipinski definition) is 2. The Bertz CT molecular complexity index is 573. The van der Waals surface area contributed by atoms with Gasteiger partial charge in [0.25, 0.3) is 0 Å². The molecule has 0 saturated heterocycles. The average molecular weight is 341 g/mol. The second kappa shape index (κ2) is 6.92. The van der Waals surface area contributed by atoms with Gasteiger partial charge in [0, 0.05) is 6.04 Å². The lowest BCUT2D eigenvalue weighted by Crippen LogP contribution is -2.38. The van der Waals surface area contributed by atoms with Gasteiger partial charge >= 0.3 is 0 Å². The first-order valence-corrected chi connectivity index (χ1v) is 7.03. The van der Waals surface area contributed by atoms with Crippen molar-refractivity contribution < 1.29 is 8.78 Å². The summed E-state index contributed by atoms with van der Waals surface area (Å²) in [7, 11) is 0. The Morgan fingerprint density at radius 1 is 1.05 bits per heavy atom. The average Bonchev–Trinajstić information content (AvgIpc) is 2.45. The lowest BCUT2D eigenvalue weighted by Gasteiger charge is -2.17. The molecule has 0 radical (unpaired) electrons. The summed E-state index contributed by atoms with van der Waals surface area (Å²) in [5.41, 5.74) is 4.54. The van der Waals surface area contributed by atoms with Crippen molar-refractivity contribution in [1.29, 1.82) is 0 Å². The van der Waals surface area contributed by atoms with Crippen LogP contribution in [-0.2, 0) is 12.8 Å². The van der Waals surface area contributed by atoms with Gasteiger partial charge in [-0.3, -0.25) is 11.3 Å². The molecule has 2 nitrogen and oxygen atoms in total. The van der Waals surface area contributed by atoms with Gasteiger partial charge in [-0.05, 0) is 58.1 Å². The molecule has 20 heavy (non-hydrogen) atoms. The molecule has 2 rings (SSSR count). The molecular weight excluding hydrogens is 326 g/mol. The van der Waals surface area contributed by atoms with Gasteiger partial charge in [0.1, 0.15) is 11.6 Å². The smallest absolute Gasteiger partial charge is 0.137 e. The topological polar surface area (TPSA) is 38.0 Å². The maximum atomic E-state index is 13.5. The maximum Gasteiger partial charge on any atom is 0.137 e. The summed E-state index contributed by atoms with van der Waals surface area (Å²) in [5.74, 6) is 5.00. The molecule has 2 aromatic carbocycles. The number of rotatable bonds is 5. The van der Waals surface area contributed by atoms with Crippen LogP contribution in [0.4, 0.5) is 8.78 Å². The number of nitrogens with two attached hydrogens (primary N) is 1. The zero-order valence-corrected chi connectivity index (χ0v) is 12.3. The van der Waals surface area contributed by atoms with Crippen LogP contribution < -0.4 is 11.3 Å². The van der Waals surface area contributed by atoms with Gasteiger partial charge in [-0.2, -0.15) is 0 Å². The first kappa shape index (κ1) is 15.1. The van der Waals surface area contributed by atoms with Crippen molar-refractivity contribution in [3.05, 3.63) is 69.7 Å². The normalized spacial score (nSPS) is 12.4. The molecule has 3 N–H and O–H groups in total. The molecule has 0 aliphatic heterocycles. The van der Waals surface area contributed by atoms with Crippen molar-refractivity contribution in [3.8, 4) is 0 Å². The van der Waals surface area contributed by atoms with E-state index in [-0.39, 0.29) is 17.7 Å². The Morgan fingerprint density at radius 2 is 1.75 bits per heavy atom. The van der Waals surface area contributed by atoms with Crippen molar-refractivity contribution in [3.63, 3.8) is 0 Å². The van der Waals surface area contributed by atoms with Gasteiger partial charge in [0.15, 0.2) is 0 Å². The van der Waals surface area contributed by atoms with Crippen molar-refractivity contribution in [2.45, 2.75) is 18.9 Å². The predicted molar refractivity (Wildman–Crippen MR) is 79.0 cm³/mol. The quantitative estimate of drug-likeness (QED) is 0.647. The van der Waals surface area contributed by atoms with Crippen LogP contribution in [0.15, 0.2) is 46.9 Å². The summed E-state index contributed by atoms with van der Waals surface area (Å²) in [6.45, 7) is 0. The van der Waals surface area contributed by atoms with Crippen molar-refractivity contribution >= 4 is 15.9 Å².